The van der Waals surface area contributed by atoms with Crippen LogP contribution in [0.3, 0.4) is 0 Å². The number of methoxy groups -OCH3 is 1. The zero-order valence-corrected chi connectivity index (χ0v) is 39.0. The number of ether oxygens (including phenoxy) is 4. The van der Waals surface area contributed by atoms with E-state index in [4.69, 9.17) is 28.3 Å². The molecule has 1 saturated heterocycles. The Labute approximate surface area is 381 Å². The number of phenols is 1. The summed E-state index contributed by atoms with van der Waals surface area (Å²) >= 11 is 0. The number of esters is 1. The number of likely N-dealkylation sites (N-methyl/N-ethyl adjacent to an activating group) is 1. The van der Waals surface area contributed by atoms with Crippen LogP contribution in [-0.2, 0) is 23.8 Å². The number of carbonyl (C=O) groups excluding carboxylic acids is 2. The summed E-state index contributed by atoms with van der Waals surface area (Å²) in [5.74, 6) is -6.92. The van der Waals surface area contributed by atoms with Gasteiger partial charge in [-0.25, -0.2) is 4.98 Å². The van der Waals surface area contributed by atoms with Crippen LogP contribution < -0.4 is 31.0 Å². The summed E-state index contributed by atoms with van der Waals surface area (Å²) in [4.78, 5) is 64.4. The van der Waals surface area contributed by atoms with Gasteiger partial charge in [0.2, 0.25) is 10.9 Å². The first-order chi connectivity index (χ1) is 31.2. The van der Waals surface area contributed by atoms with E-state index in [2.05, 4.69) is 15.1 Å². The van der Waals surface area contributed by atoms with Gasteiger partial charge in [-0.15, -0.1) is 0 Å². The van der Waals surface area contributed by atoms with Gasteiger partial charge in [-0.1, -0.05) is 45.9 Å². The van der Waals surface area contributed by atoms with Gasteiger partial charge in [0.1, 0.15) is 28.8 Å². The van der Waals surface area contributed by atoms with Crippen molar-refractivity contribution in [2.24, 2.45) is 23.7 Å². The zero-order chi connectivity index (χ0) is 48.1. The van der Waals surface area contributed by atoms with Gasteiger partial charge < -0.3 is 58.9 Å². The third-order valence-electron chi connectivity index (χ3n) is 13.5. The smallest absolute Gasteiger partial charge is 0.307 e. The number of aromatic nitrogens is 1. The van der Waals surface area contributed by atoms with Crippen LogP contribution in [0.25, 0.3) is 38.7 Å². The Bertz CT molecular complexity index is 2860. The number of hydrogen-bond acceptors (Lipinski definition) is 16. The fraction of sp³-hybridized carbons (Fsp3) is 0.490. The number of benzene rings is 3. The summed E-state index contributed by atoms with van der Waals surface area (Å²) in [6.07, 6.45) is 4.42. The molecule has 0 radical (unpaired) electrons. The fourth-order valence-electron chi connectivity index (χ4n) is 9.36. The molecule has 4 bridgehead atoms. The van der Waals surface area contributed by atoms with Gasteiger partial charge in [-0.05, 0) is 39.9 Å². The molecule has 9 atom stereocenters. The van der Waals surface area contributed by atoms with E-state index in [0.717, 1.165) is 19.5 Å². The molecule has 1 fully saturated rings. The van der Waals surface area contributed by atoms with E-state index in [-0.39, 0.29) is 60.8 Å². The van der Waals surface area contributed by atoms with Crippen LogP contribution in [0.4, 0.5) is 11.4 Å². The third-order valence-corrected chi connectivity index (χ3v) is 13.5. The molecular formula is C49H60N4O13. The molecule has 0 aliphatic carbocycles. The minimum absolute atomic E-state index is 0.0371. The number of hydrogen-bond donors (Lipinski definition) is 5. The quantitative estimate of drug-likeness (QED) is 0.107. The lowest BCUT2D eigenvalue weighted by Crippen LogP contribution is -2.46. The summed E-state index contributed by atoms with van der Waals surface area (Å²) in [7, 11) is 3.48. The van der Waals surface area contributed by atoms with Crippen molar-refractivity contribution in [1.29, 1.82) is 0 Å². The van der Waals surface area contributed by atoms with E-state index in [1.54, 1.807) is 45.9 Å². The maximum atomic E-state index is 14.9. The summed E-state index contributed by atoms with van der Waals surface area (Å²) in [6.45, 7) is 15.6. The lowest BCUT2D eigenvalue weighted by atomic mass is 9.78. The predicted octanol–water partition coefficient (Wildman–Crippen LogP) is 4.70. The number of aromatic hydroxyl groups is 1. The molecule has 0 spiro atoms. The number of nitrogens with zero attached hydrogens (tertiary/aromatic N) is 3. The topological polar surface area (TPSA) is 231 Å². The van der Waals surface area contributed by atoms with E-state index in [1.807, 2.05) is 7.05 Å². The largest absolute Gasteiger partial charge is 0.507 e. The third kappa shape index (κ3) is 8.72. The van der Waals surface area contributed by atoms with Gasteiger partial charge in [0.25, 0.3) is 5.91 Å². The van der Waals surface area contributed by atoms with Gasteiger partial charge in [-0.2, -0.15) is 0 Å². The van der Waals surface area contributed by atoms with Crippen LogP contribution in [0.2, 0.25) is 0 Å². The lowest BCUT2D eigenvalue weighted by molar-refractivity contribution is -0.160. The molecule has 7 rings (SSSR count). The number of phenolic OH excluding ortho intramolecular Hbond substituents is 1. The Morgan fingerprint density at radius 1 is 0.939 bits per heavy atom. The molecule has 1 amide bonds. The lowest BCUT2D eigenvalue weighted by Gasteiger charge is -2.38. The summed E-state index contributed by atoms with van der Waals surface area (Å²) < 4.78 is 30.5. The minimum Gasteiger partial charge on any atom is -0.507 e. The number of anilines is 2. The number of aliphatic hydroxyl groups excluding tert-OH is 3. The van der Waals surface area contributed by atoms with E-state index in [0.29, 0.717) is 18.8 Å². The monoisotopic (exact) mass is 912 g/mol. The van der Waals surface area contributed by atoms with Crippen molar-refractivity contribution < 1.29 is 53.4 Å². The molecule has 3 aliphatic heterocycles. The second-order valence-corrected chi connectivity index (χ2v) is 18.2. The number of allylic oxidation sites excluding steroid dienone is 2. The minimum atomic E-state index is -1.98. The molecule has 5 N–H and O–H groups in total. The van der Waals surface area contributed by atoms with Crippen LogP contribution in [-0.4, -0.2) is 113 Å². The van der Waals surface area contributed by atoms with Gasteiger partial charge in [0, 0.05) is 98.6 Å². The Morgan fingerprint density at radius 3 is 2.36 bits per heavy atom. The summed E-state index contributed by atoms with van der Waals surface area (Å²) in [5.41, 5.74) is -1.36. The molecule has 3 aliphatic rings. The van der Waals surface area contributed by atoms with E-state index in [9.17, 15) is 39.6 Å². The van der Waals surface area contributed by atoms with Gasteiger partial charge in [-0.3, -0.25) is 19.2 Å². The summed E-state index contributed by atoms with van der Waals surface area (Å²) in [6, 6.07) is 3.14. The molecule has 0 unspecified atom stereocenters. The highest BCUT2D eigenvalue weighted by Gasteiger charge is 2.44. The van der Waals surface area contributed by atoms with Crippen LogP contribution in [0, 0.1) is 30.6 Å². The number of nitrogens with one attached hydrogen (secondary N) is 1. The highest BCUT2D eigenvalue weighted by atomic mass is 16.7. The molecule has 3 aromatic carbocycles. The van der Waals surface area contributed by atoms with Crippen molar-refractivity contribution in [1.82, 2.24) is 9.88 Å². The molecule has 4 heterocycles. The van der Waals surface area contributed by atoms with Gasteiger partial charge in [0.05, 0.1) is 35.2 Å². The molecular weight excluding hydrogens is 853 g/mol. The average Bonchev–Trinajstić information content (AvgIpc) is 3.38. The van der Waals surface area contributed by atoms with E-state index >= 15 is 0 Å². The van der Waals surface area contributed by atoms with Crippen molar-refractivity contribution in [3.63, 3.8) is 0 Å². The van der Waals surface area contributed by atoms with Crippen molar-refractivity contribution >= 4 is 62.0 Å². The standard InChI is InChI=1S/C49H60N4O13/c1-23-13-11-14-24(2)48(61)51-39-43(59)35-34(38-46(39)65-33-22-30(21-31(55)37(33)50-38)53-17-12-16-52(9)18-19-53)36-45(28(6)42(35)58)66-49(8,47(36)60)63-20-15-32(62-10)25(3)44(64-29(7)54)27(5)41(57)26(4)40(23)56/h11,13-15,20-23,25-27,32,40-41,44,56-58,60H,12,16-19H2,1-10H3,(H,51,61)/b13-11+,20-15+,24-14-/t23-,25+,26+,27+,32-,40-,41+,44+,49-/m0/s1. The number of carbonyl (C=O) groups is 2. The van der Waals surface area contributed by atoms with Crippen LogP contribution >= 0.6 is 0 Å². The first kappa shape index (κ1) is 47.9. The first-order valence-electron chi connectivity index (χ1n) is 22.3. The normalized spacial score (nSPS) is 30.1. The van der Waals surface area contributed by atoms with E-state index < -0.39 is 88.1 Å². The predicted molar refractivity (Wildman–Crippen MR) is 249 cm³/mol. The van der Waals surface area contributed by atoms with Crippen molar-refractivity contribution in [2.75, 3.05) is 50.6 Å². The maximum Gasteiger partial charge on any atom is 0.307 e. The molecule has 4 aromatic rings. The highest BCUT2D eigenvalue weighted by molar-refractivity contribution is 6.16. The Kier molecular flexibility index (Phi) is 13.6. The average molecular weight is 913 g/mol. The Morgan fingerprint density at radius 2 is 1.67 bits per heavy atom. The highest BCUT2D eigenvalue weighted by Crippen LogP contribution is 2.42. The Balaban J connectivity index is 1.48. The molecule has 354 valence electrons. The van der Waals surface area contributed by atoms with Crippen LogP contribution in [0.15, 0.2) is 62.3 Å². The number of amides is 1. The summed E-state index contributed by atoms with van der Waals surface area (Å²) in [5, 5.41) is 49.2. The zero-order valence-electron chi connectivity index (χ0n) is 39.0. The second-order valence-electron chi connectivity index (χ2n) is 18.2. The number of rotatable bonds is 3. The molecule has 66 heavy (non-hydrogen) atoms. The van der Waals surface area contributed by atoms with Crippen molar-refractivity contribution in [3.05, 3.63) is 79.5 Å². The molecule has 0 saturated carbocycles. The molecule has 17 nitrogen and oxygen atoms in total. The number of fused-ring (bicyclic) bond motifs is 2. The van der Waals surface area contributed by atoms with E-state index in [1.165, 1.54) is 59.3 Å². The SMILES string of the molecule is CO[C@H]1/C=C/O[C@@]2(C)Oc3c(C)c(O)c4c(=O)c(c5oc6cc(N7CCCN(C)CC7)cc(=O)c6nc5c4c3=C2O)NC(=O)/C(C)=C\C=C\[C@H](C)[C@H](O)[C@@H](C)[C@@H](O)[C@@H](C)[C@H](OC(C)=O)[C@@H]1C. The van der Waals surface area contributed by atoms with Crippen LogP contribution in [0.1, 0.15) is 60.5 Å². The molecule has 1 aromatic heterocycles. The van der Waals surface area contributed by atoms with Crippen molar-refractivity contribution in [2.45, 2.75) is 92.0 Å². The molecule has 17 heteroatoms. The van der Waals surface area contributed by atoms with Crippen molar-refractivity contribution in [3.8, 4) is 11.5 Å². The Hall–Kier alpha value is -6.01. The second kappa shape index (κ2) is 18.7. The fourth-order valence-corrected chi connectivity index (χ4v) is 9.36. The van der Waals surface area contributed by atoms with Gasteiger partial charge >= 0.3 is 11.8 Å². The number of aliphatic hydroxyl groups is 3. The van der Waals surface area contributed by atoms with Crippen LogP contribution in [0.5, 0.6) is 11.5 Å². The first-order valence-corrected chi connectivity index (χ1v) is 22.3. The van der Waals surface area contributed by atoms with Gasteiger partial charge in [0.15, 0.2) is 22.4 Å². The maximum absolute atomic E-state index is 14.9.